The molecule has 0 atom stereocenters. The van der Waals surface area contributed by atoms with Gasteiger partial charge in [0.2, 0.25) is 11.8 Å². The lowest BCUT2D eigenvalue weighted by molar-refractivity contribution is -0.118. The molecule has 2 N–H and O–H groups in total. The minimum Gasteiger partial charge on any atom is -0.370 e. The van der Waals surface area contributed by atoms with Crippen LogP contribution in [0.1, 0.15) is 32.6 Å². The summed E-state index contributed by atoms with van der Waals surface area (Å²) >= 11 is 1.28. The zero-order valence-corrected chi connectivity index (χ0v) is 19.0. The van der Waals surface area contributed by atoms with Crippen LogP contribution in [0.25, 0.3) is 10.9 Å². The molecule has 7 nitrogen and oxygen atoms in total. The summed E-state index contributed by atoms with van der Waals surface area (Å²) in [5.41, 5.74) is 6.55. The molecular formula is C24H28N4O3S. The molecule has 0 fully saturated rings. The number of nitrogens with two attached hydrogens (primary N) is 1. The molecule has 2 amide bonds. The van der Waals surface area contributed by atoms with Crippen LogP contribution >= 0.6 is 11.8 Å². The topological polar surface area (TPSA) is 98.3 Å². The van der Waals surface area contributed by atoms with Gasteiger partial charge >= 0.3 is 0 Å². The molecule has 0 saturated carbocycles. The van der Waals surface area contributed by atoms with Gasteiger partial charge in [0, 0.05) is 25.2 Å². The number of hydrogen-bond acceptors (Lipinski definition) is 5. The molecule has 3 rings (SSSR count). The number of nitrogens with zero attached hydrogens (tertiary/aromatic N) is 3. The molecule has 0 aliphatic carbocycles. The van der Waals surface area contributed by atoms with Crippen molar-refractivity contribution in [2.24, 2.45) is 5.73 Å². The number of aromatic nitrogens is 2. The van der Waals surface area contributed by atoms with E-state index in [2.05, 4.69) is 4.98 Å². The molecule has 0 aliphatic rings. The van der Waals surface area contributed by atoms with Gasteiger partial charge in [0.25, 0.3) is 5.56 Å². The highest BCUT2D eigenvalue weighted by atomic mass is 32.2. The minimum atomic E-state index is -0.316. The first-order valence-corrected chi connectivity index (χ1v) is 11.8. The van der Waals surface area contributed by atoms with Gasteiger partial charge in [-0.15, -0.1) is 0 Å². The highest BCUT2D eigenvalue weighted by Gasteiger charge is 2.17. The maximum absolute atomic E-state index is 13.1. The van der Waals surface area contributed by atoms with E-state index in [0.717, 1.165) is 18.5 Å². The molecule has 32 heavy (non-hydrogen) atoms. The Hall–Kier alpha value is -3.13. The van der Waals surface area contributed by atoms with Gasteiger partial charge in [0.05, 0.1) is 16.7 Å². The Morgan fingerprint density at radius 3 is 2.47 bits per heavy atom. The van der Waals surface area contributed by atoms with Crippen molar-refractivity contribution < 1.29 is 9.59 Å². The van der Waals surface area contributed by atoms with Crippen molar-refractivity contribution in [2.45, 2.75) is 44.3 Å². The zero-order chi connectivity index (χ0) is 22.9. The largest absolute Gasteiger partial charge is 0.370 e. The zero-order valence-electron chi connectivity index (χ0n) is 18.2. The molecular weight excluding hydrogens is 424 g/mol. The number of carbonyl (C=O) groups excluding carboxylic acids is 2. The van der Waals surface area contributed by atoms with Crippen LogP contribution in [0.5, 0.6) is 0 Å². The number of hydrogen-bond donors (Lipinski definition) is 1. The van der Waals surface area contributed by atoms with E-state index < -0.39 is 0 Å². The Balaban J connectivity index is 1.78. The number of anilines is 1. The predicted octanol–water partition coefficient (Wildman–Crippen LogP) is 3.59. The number of rotatable bonds is 11. The first kappa shape index (κ1) is 23.5. The quantitative estimate of drug-likeness (QED) is 0.272. The van der Waals surface area contributed by atoms with Crippen LogP contribution in [0.2, 0.25) is 0 Å². The van der Waals surface area contributed by atoms with E-state index in [1.165, 1.54) is 11.8 Å². The Bertz CT molecular complexity index is 1130. The second kappa shape index (κ2) is 11.5. The van der Waals surface area contributed by atoms with E-state index in [1.807, 2.05) is 55.5 Å². The molecule has 0 bridgehead atoms. The molecule has 0 aliphatic heterocycles. The van der Waals surface area contributed by atoms with Gasteiger partial charge in [0.15, 0.2) is 5.16 Å². The van der Waals surface area contributed by atoms with Gasteiger partial charge in [-0.3, -0.25) is 19.0 Å². The number of carbonyl (C=O) groups is 2. The maximum atomic E-state index is 13.1. The molecule has 0 saturated heterocycles. The second-order valence-electron chi connectivity index (χ2n) is 7.41. The lowest BCUT2D eigenvalue weighted by Crippen LogP contribution is -2.32. The van der Waals surface area contributed by atoms with Gasteiger partial charge < -0.3 is 10.6 Å². The second-order valence-corrected chi connectivity index (χ2v) is 8.35. The molecule has 0 radical (unpaired) electrons. The molecule has 0 spiro atoms. The van der Waals surface area contributed by atoms with E-state index >= 15 is 0 Å². The van der Waals surface area contributed by atoms with Crippen molar-refractivity contribution in [2.75, 3.05) is 17.2 Å². The fourth-order valence-corrected chi connectivity index (χ4v) is 4.42. The Morgan fingerprint density at radius 1 is 1.03 bits per heavy atom. The third-order valence-electron chi connectivity index (χ3n) is 5.14. The highest BCUT2D eigenvalue weighted by molar-refractivity contribution is 7.99. The fraction of sp³-hybridized carbons (Fsp3) is 0.333. The molecule has 8 heteroatoms. The van der Waals surface area contributed by atoms with Crippen LogP contribution in [0, 0.1) is 0 Å². The van der Waals surface area contributed by atoms with E-state index in [1.54, 1.807) is 15.5 Å². The molecule has 0 unspecified atom stereocenters. The van der Waals surface area contributed by atoms with Crippen molar-refractivity contribution >= 4 is 40.2 Å². The van der Waals surface area contributed by atoms with Crippen molar-refractivity contribution in [3.8, 4) is 0 Å². The van der Waals surface area contributed by atoms with Crippen LogP contribution in [0.15, 0.2) is 64.5 Å². The number of fused-ring (bicyclic) bond motifs is 1. The molecule has 1 heterocycles. The Labute approximate surface area is 191 Å². The third-order valence-corrected chi connectivity index (χ3v) is 6.10. The summed E-state index contributed by atoms with van der Waals surface area (Å²) < 4.78 is 1.64. The van der Waals surface area contributed by atoms with Crippen molar-refractivity contribution in [3.05, 3.63) is 65.0 Å². The number of primary amides is 1. The van der Waals surface area contributed by atoms with E-state index in [0.29, 0.717) is 42.0 Å². The standard InChI is InChI=1S/C24H28N4O3S/c1-2-27(18-11-5-3-6-12-18)22(30)17-32-24-26-20-14-9-8-13-19(20)23(31)28(24)16-10-4-7-15-21(25)29/h3,5-6,8-9,11-14H,2,4,7,10,15-17H2,1H3,(H2,25,29). The Morgan fingerprint density at radius 2 is 1.75 bits per heavy atom. The van der Waals surface area contributed by atoms with Gasteiger partial charge in [-0.05, 0) is 44.0 Å². The third kappa shape index (κ3) is 5.97. The summed E-state index contributed by atoms with van der Waals surface area (Å²) in [4.78, 5) is 43.4. The highest BCUT2D eigenvalue weighted by Crippen LogP contribution is 2.21. The van der Waals surface area contributed by atoms with Gasteiger partial charge in [0.1, 0.15) is 0 Å². The van der Waals surface area contributed by atoms with Gasteiger partial charge in [-0.1, -0.05) is 48.5 Å². The summed E-state index contributed by atoms with van der Waals surface area (Å²) in [6.45, 7) is 2.97. The van der Waals surface area contributed by atoms with Crippen LogP contribution in [0.3, 0.4) is 0 Å². The number of amides is 2. The van der Waals surface area contributed by atoms with Crippen LogP contribution in [0.4, 0.5) is 5.69 Å². The molecule has 3 aromatic rings. The maximum Gasteiger partial charge on any atom is 0.262 e. The average molecular weight is 453 g/mol. The van der Waals surface area contributed by atoms with Gasteiger partial charge in [-0.2, -0.15) is 0 Å². The van der Waals surface area contributed by atoms with Crippen molar-refractivity contribution in [1.82, 2.24) is 9.55 Å². The molecule has 1 aromatic heterocycles. The smallest absolute Gasteiger partial charge is 0.262 e. The summed E-state index contributed by atoms with van der Waals surface area (Å²) in [6.07, 6.45) is 2.53. The number of benzene rings is 2. The average Bonchev–Trinajstić information content (AvgIpc) is 2.80. The predicted molar refractivity (Wildman–Crippen MR) is 129 cm³/mol. The first-order valence-electron chi connectivity index (χ1n) is 10.8. The molecule has 168 valence electrons. The van der Waals surface area contributed by atoms with Crippen LogP contribution in [-0.4, -0.2) is 33.7 Å². The lowest BCUT2D eigenvalue weighted by atomic mass is 10.2. The summed E-state index contributed by atoms with van der Waals surface area (Å²) in [7, 11) is 0. The van der Waals surface area contributed by atoms with Gasteiger partial charge in [-0.25, -0.2) is 4.98 Å². The van der Waals surface area contributed by atoms with E-state index in [9.17, 15) is 14.4 Å². The summed E-state index contributed by atoms with van der Waals surface area (Å²) in [6, 6.07) is 16.8. The normalized spacial score (nSPS) is 10.9. The van der Waals surface area contributed by atoms with E-state index in [-0.39, 0.29) is 23.1 Å². The van der Waals surface area contributed by atoms with Crippen LogP contribution in [-0.2, 0) is 16.1 Å². The Kier molecular flexibility index (Phi) is 8.44. The lowest BCUT2D eigenvalue weighted by Gasteiger charge is -2.21. The summed E-state index contributed by atoms with van der Waals surface area (Å²) in [5.74, 6) is -0.183. The van der Waals surface area contributed by atoms with E-state index in [4.69, 9.17) is 5.73 Å². The number of unbranched alkanes of at least 4 members (excludes halogenated alkanes) is 2. The number of para-hydroxylation sites is 2. The summed E-state index contributed by atoms with van der Waals surface area (Å²) in [5, 5.41) is 1.08. The SMILES string of the molecule is CCN(C(=O)CSc1nc2ccccc2c(=O)n1CCCCCC(N)=O)c1ccccc1. The monoisotopic (exact) mass is 452 g/mol. The number of thioether (sulfide) groups is 1. The van der Waals surface area contributed by atoms with Crippen molar-refractivity contribution in [1.29, 1.82) is 0 Å². The van der Waals surface area contributed by atoms with Crippen molar-refractivity contribution in [3.63, 3.8) is 0 Å². The fourth-order valence-electron chi connectivity index (χ4n) is 3.52. The van der Waals surface area contributed by atoms with Crippen LogP contribution < -0.4 is 16.2 Å². The minimum absolute atomic E-state index is 0.0425. The molecule has 2 aromatic carbocycles. The first-order chi connectivity index (χ1) is 15.5.